The van der Waals surface area contributed by atoms with Gasteiger partial charge in [0.25, 0.3) is 0 Å². The molecule has 124 valence electrons. The third kappa shape index (κ3) is 3.90. The number of furan rings is 1. The van der Waals surface area contributed by atoms with E-state index in [4.69, 9.17) is 8.84 Å². The first-order chi connectivity index (χ1) is 10.1. The van der Waals surface area contributed by atoms with Gasteiger partial charge in [-0.15, -0.1) is 0 Å². The Morgan fingerprint density at radius 2 is 2.14 bits per heavy atom. The average molecular weight is 323 g/mol. The second-order valence-corrected chi connectivity index (χ2v) is 12.8. The quantitative estimate of drug-likeness (QED) is 0.537. The summed E-state index contributed by atoms with van der Waals surface area (Å²) in [6, 6.07) is 1.78. The minimum atomic E-state index is -1.74. The summed E-state index contributed by atoms with van der Waals surface area (Å²) >= 11 is 0. The van der Waals surface area contributed by atoms with Crippen molar-refractivity contribution < 1.29 is 13.6 Å². The van der Waals surface area contributed by atoms with Crippen molar-refractivity contribution in [1.82, 2.24) is 0 Å². The largest absolute Gasteiger partial charge is 0.472 e. The van der Waals surface area contributed by atoms with E-state index in [1.54, 1.807) is 18.6 Å². The maximum Gasteiger partial charge on any atom is 0.184 e. The number of Topliss-reactive ketones (excluding diaryl/α,β-unsaturated/α-hetero) is 1. The summed E-state index contributed by atoms with van der Waals surface area (Å²) in [6.07, 6.45) is 6.01. The van der Waals surface area contributed by atoms with Crippen LogP contribution in [0.1, 0.15) is 50.4 Å². The number of rotatable bonds is 6. The lowest BCUT2D eigenvalue weighted by Crippen LogP contribution is -2.48. The van der Waals surface area contributed by atoms with Crippen LogP contribution < -0.4 is 0 Å². The lowest BCUT2D eigenvalue weighted by atomic mass is 9.80. The van der Waals surface area contributed by atoms with Crippen LogP contribution in [0.2, 0.25) is 19.6 Å². The second-order valence-electron chi connectivity index (χ2n) is 8.35. The highest BCUT2D eigenvalue weighted by molar-refractivity contribution is 6.69. The summed E-state index contributed by atoms with van der Waals surface area (Å²) in [5, 5.41) is 0. The van der Waals surface area contributed by atoms with E-state index in [0.717, 1.165) is 19.3 Å². The lowest BCUT2D eigenvalue weighted by molar-refractivity contribution is 0.00548. The third-order valence-corrected chi connectivity index (χ3v) is 5.37. The van der Waals surface area contributed by atoms with E-state index in [0.29, 0.717) is 17.4 Å². The van der Waals surface area contributed by atoms with Crippen molar-refractivity contribution in [3.05, 3.63) is 24.2 Å². The van der Waals surface area contributed by atoms with E-state index in [9.17, 15) is 4.79 Å². The van der Waals surface area contributed by atoms with Crippen molar-refractivity contribution in [1.29, 1.82) is 0 Å². The zero-order chi connectivity index (χ0) is 16.5. The van der Waals surface area contributed by atoms with Crippen LogP contribution in [-0.2, 0) is 4.43 Å². The Bertz CT molecular complexity index is 501. The van der Waals surface area contributed by atoms with Gasteiger partial charge in [-0.2, -0.15) is 0 Å². The molecule has 0 aliphatic heterocycles. The summed E-state index contributed by atoms with van der Waals surface area (Å²) in [7, 11) is -1.74. The van der Waals surface area contributed by atoms with E-state index in [1.165, 1.54) is 0 Å². The molecular formula is C18H30O3Si. The number of hydrogen-bond acceptors (Lipinski definition) is 3. The Morgan fingerprint density at radius 3 is 2.64 bits per heavy atom. The molecule has 4 heteroatoms. The van der Waals surface area contributed by atoms with E-state index in [2.05, 4.69) is 40.4 Å². The first-order valence-electron chi connectivity index (χ1n) is 8.39. The van der Waals surface area contributed by atoms with E-state index in [-0.39, 0.29) is 17.3 Å². The standard InChI is InChI=1S/C18H30O3Si/c1-13(2)10-18(21-22(4,5)6)11-14(3)9-16(18)17(19)15-7-8-20-12-15/h7-8,12-14,16H,9-11H2,1-6H3/t14-,16?,18+/m1/s1. The van der Waals surface area contributed by atoms with Crippen LogP contribution in [-0.4, -0.2) is 19.7 Å². The van der Waals surface area contributed by atoms with Gasteiger partial charge in [0.15, 0.2) is 14.1 Å². The van der Waals surface area contributed by atoms with Crippen LogP contribution in [0, 0.1) is 17.8 Å². The molecule has 1 aromatic rings. The average Bonchev–Trinajstić information content (AvgIpc) is 2.93. The van der Waals surface area contributed by atoms with Gasteiger partial charge in [0.1, 0.15) is 6.26 Å². The molecule has 1 saturated carbocycles. The molecule has 1 heterocycles. The minimum Gasteiger partial charge on any atom is -0.472 e. The Labute approximate surface area is 135 Å². The van der Waals surface area contributed by atoms with Gasteiger partial charge in [0.05, 0.1) is 23.3 Å². The Kier molecular flexibility index (Phi) is 5.02. The van der Waals surface area contributed by atoms with Gasteiger partial charge in [-0.25, -0.2) is 0 Å². The van der Waals surface area contributed by atoms with Gasteiger partial charge in [-0.05, 0) is 56.8 Å². The molecule has 2 rings (SSSR count). The zero-order valence-electron chi connectivity index (χ0n) is 14.8. The van der Waals surface area contributed by atoms with E-state index >= 15 is 0 Å². The molecule has 3 atom stereocenters. The van der Waals surface area contributed by atoms with Crippen LogP contribution in [0.4, 0.5) is 0 Å². The van der Waals surface area contributed by atoms with Gasteiger partial charge < -0.3 is 8.84 Å². The molecule has 0 radical (unpaired) electrons. The van der Waals surface area contributed by atoms with Gasteiger partial charge in [-0.1, -0.05) is 20.8 Å². The maximum absolute atomic E-state index is 13.0. The van der Waals surface area contributed by atoms with Crippen molar-refractivity contribution in [2.75, 3.05) is 0 Å². The first-order valence-corrected chi connectivity index (χ1v) is 11.8. The normalized spacial score (nSPS) is 29.2. The fraction of sp³-hybridized carbons (Fsp3) is 0.722. The fourth-order valence-corrected chi connectivity index (χ4v) is 5.59. The summed E-state index contributed by atoms with van der Waals surface area (Å²) in [5.74, 6) is 1.18. The molecule has 22 heavy (non-hydrogen) atoms. The van der Waals surface area contributed by atoms with Crippen LogP contribution in [0.5, 0.6) is 0 Å². The van der Waals surface area contributed by atoms with E-state index in [1.807, 2.05) is 0 Å². The predicted octanol–water partition coefficient (Wildman–Crippen LogP) is 5.14. The third-order valence-electron chi connectivity index (χ3n) is 4.35. The number of hydrogen-bond donors (Lipinski definition) is 0. The lowest BCUT2D eigenvalue weighted by Gasteiger charge is -2.41. The topological polar surface area (TPSA) is 39.4 Å². The number of carbonyl (C=O) groups is 1. The van der Waals surface area contributed by atoms with Crippen LogP contribution in [0.3, 0.4) is 0 Å². The summed E-state index contributed by atoms with van der Waals surface area (Å²) in [5.41, 5.74) is 0.387. The Hall–Kier alpha value is -0.873. The highest BCUT2D eigenvalue weighted by Gasteiger charge is 2.52. The Balaban J connectivity index is 2.36. The first kappa shape index (κ1) is 17.5. The van der Waals surface area contributed by atoms with Gasteiger partial charge in [0.2, 0.25) is 0 Å². The molecule has 0 spiro atoms. The number of carbonyl (C=O) groups excluding carboxylic acids is 1. The number of ketones is 1. The van der Waals surface area contributed by atoms with Crippen molar-refractivity contribution in [3.63, 3.8) is 0 Å². The van der Waals surface area contributed by atoms with Crippen LogP contribution in [0.15, 0.2) is 23.0 Å². The van der Waals surface area contributed by atoms with E-state index < -0.39 is 8.32 Å². The summed E-state index contributed by atoms with van der Waals surface area (Å²) in [4.78, 5) is 13.0. The molecule has 1 unspecified atom stereocenters. The fourth-order valence-electron chi connectivity index (χ4n) is 4.07. The molecule has 0 bridgehead atoms. The molecule has 1 aromatic heterocycles. The Morgan fingerprint density at radius 1 is 1.45 bits per heavy atom. The van der Waals surface area contributed by atoms with Gasteiger partial charge in [-0.3, -0.25) is 4.79 Å². The monoisotopic (exact) mass is 322 g/mol. The molecular weight excluding hydrogens is 292 g/mol. The van der Waals surface area contributed by atoms with Crippen molar-refractivity contribution in [3.8, 4) is 0 Å². The minimum absolute atomic E-state index is 0.0470. The highest BCUT2D eigenvalue weighted by Crippen LogP contribution is 2.48. The highest BCUT2D eigenvalue weighted by atomic mass is 28.4. The predicted molar refractivity (Wildman–Crippen MR) is 91.5 cm³/mol. The SMILES string of the molecule is CC(C)C[C@]1(O[Si](C)(C)C)C[C@H](C)CC1C(=O)c1ccoc1. The summed E-state index contributed by atoms with van der Waals surface area (Å²) in [6.45, 7) is 13.3. The van der Waals surface area contributed by atoms with Gasteiger partial charge >= 0.3 is 0 Å². The molecule has 3 nitrogen and oxygen atoms in total. The van der Waals surface area contributed by atoms with Crippen LogP contribution in [0.25, 0.3) is 0 Å². The molecule has 0 amide bonds. The smallest absolute Gasteiger partial charge is 0.184 e. The van der Waals surface area contributed by atoms with Crippen molar-refractivity contribution >= 4 is 14.1 Å². The van der Waals surface area contributed by atoms with Crippen LogP contribution >= 0.6 is 0 Å². The molecule has 0 saturated heterocycles. The maximum atomic E-state index is 13.0. The second kappa shape index (κ2) is 6.32. The zero-order valence-corrected chi connectivity index (χ0v) is 15.8. The molecule has 1 aliphatic carbocycles. The van der Waals surface area contributed by atoms with Crippen molar-refractivity contribution in [2.45, 2.75) is 65.3 Å². The molecule has 1 aliphatic rings. The van der Waals surface area contributed by atoms with Gasteiger partial charge in [0, 0.05) is 0 Å². The molecule has 0 aromatic carbocycles. The summed E-state index contributed by atoms with van der Waals surface area (Å²) < 4.78 is 11.8. The molecule has 0 N–H and O–H groups in total. The van der Waals surface area contributed by atoms with Crippen molar-refractivity contribution in [2.24, 2.45) is 17.8 Å². The molecule has 1 fully saturated rings.